The molecule has 2 heteroatoms. The Balaban J connectivity index is 1.98. The summed E-state index contributed by atoms with van der Waals surface area (Å²) in [6.45, 7) is 2.69. The lowest BCUT2D eigenvalue weighted by Crippen LogP contribution is -2.36. The zero-order chi connectivity index (χ0) is 6.86. The molecule has 1 unspecified atom stereocenters. The summed E-state index contributed by atoms with van der Waals surface area (Å²) in [5.41, 5.74) is 0.151. The fraction of sp³-hybridized carbons (Fsp3) is 1.00. The molecule has 10 heavy (non-hydrogen) atoms. The highest BCUT2D eigenvalue weighted by molar-refractivity contribution is 4.86. The van der Waals surface area contributed by atoms with Gasteiger partial charge in [-0.1, -0.05) is 0 Å². The van der Waals surface area contributed by atoms with E-state index in [4.69, 9.17) is 9.47 Å². The van der Waals surface area contributed by atoms with Crippen LogP contribution in [0, 0.1) is 0 Å². The van der Waals surface area contributed by atoms with Crippen LogP contribution in [0.25, 0.3) is 0 Å². The minimum Gasteiger partial charge on any atom is -0.378 e. The Morgan fingerprint density at radius 2 is 2.00 bits per heavy atom. The van der Waals surface area contributed by atoms with E-state index in [-0.39, 0.29) is 5.60 Å². The van der Waals surface area contributed by atoms with Crippen molar-refractivity contribution >= 4 is 0 Å². The second-order valence-corrected chi connectivity index (χ2v) is 3.29. The number of rotatable bonds is 0. The van der Waals surface area contributed by atoms with Crippen molar-refractivity contribution in [1.82, 2.24) is 0 Å². The van der Waals surface area contributed by atoms with Crippen molar-refractivity contribution < 1.29 is 9.47 Å². The molecule has 2 heterocycles. The lowest BCUT2D eigenvalue weighted by Gasteiger charge is -2.31. The topological polar surface area (TPSA) is 18.5 Å². The molecular formula is C8H14O2. The van der Waals surface area contributed by atoms with Crippen molar-refractivity contribution in [2.75, 3.05) is 19.8 Å². The van der Waals surface area contributed by atoms with E-state index in [1.807, 2.05) is 0 Å². The molecule has 0 saturated carbocycles. The van der Waals surface area contributed by atoms with Gasteiger partial charge in [-0.2, -0.15) is 0 Å². The van der Waals surface area contributed by atoms with Gasteiger partial charge in [0, 0.05) is 19.6 Å². The summed E-state index contributed by atoms with van der Waals surface area (Å²) in [5, 5.41) is 0. The van der Waals surface area contributed by atoms with Gasteiger partial charge in [0.2, 0.25) is 0 Å². The van der Waals surface area contributed by atoms with Gasteiger partial charge in [-0.05, 0) is 19.3 Å². The second-order valence-electron chi connectivity index (χ2n) is 3.29. The van der Waals surface area contributed by atoms with Crippen LogP contribution in [0.15, 0.2) is 0 Å². The Bertz CT molecular complexity index is 108. The molecule has 2 fully saturated rings. The molecule has 2 rings (SSSR count). The van der Waals surface area contributed by atoms with E-state index in [2.05, 4.69) is 0 Å². The molecule has 1 atom stereocenters. The van der Waals surface area contributed by atoms with Gasteiger partial charge in [-0.25, -0.2) is 0 Å². The maximum Gasteiger partial charge on any atom is 0.0936 e. The molecule has 0 aliphatic carbocycles. The molecular weight excluding hydrogens is 128 g/mol. The smallest absolute Gasteiger partial charge is 0.0936 e. The van der Waals surface area contributed by atoms with E-state index in [0.717, 1.165) is 26.2 Å². The quantitative estimate of drug-likeness (QED) is 0.508. The van der Waals surface area contributed by atoms with Crippen molar-refractivity contribution in [2.45, 2.75) is 31.3 Å². The van der Waals surface area contributed by atoms with Crippen LogP contribution in [0.5, 0.6) is 0 Å². The first-order valence-corrected chi connectivity index (χ1v) is 4.13. The second kappa shape index (κ2) is 2.51. The predicted molar refractivity (Wildman–Crippen MR) is 38.0 cm³/mol. The van der Waals surface area contributed by atoms with Gasteiger partial charge >= 0.3 is 0 Å². The van der Waals surface area contributed by atoms with Crippen LogP contribution in [0.2, 0.25) is 0 Å². The molecule has 58 valence electrons. The van der Waals surface area contributed by atoms with E-state index in [9.17, 15) is 0 Å². The van der Waals surface area contributed by atoms with Crippen LogP contribution in [-0.4, -0.2) is 25.4 Å². The number of hydrogen-bond acceptors (Lipinski definition) is 2. The zero-order valence-electron chi connectivity index (χ0n) is 6.27. The van der Waals surface area contributed by atoms with E-state index in [1.165, 1.54) is 19.3 Å². The Hall–Kier alpha value is -0.0800. The van der Waals surface area contributed by atoms with Gasteiger partial charge in [-0.15, -0.1) is 0 Å². The predicted octanol–water partition coefficient (Wildman–Crippen LogP) is 1.35. The summed E-state index contributed by atoms with van der Waals surface area (Å²) in [6.07, 6.45) is 4.89. The number of ether oxygens (including phenoxy) is 2. The number of hydrogen-bond donors (Lipinski definition) is 0. The highest BCUT2D eigenvalue weighted by Gasteiger charge is 2.36. The van der Waals surface area contributed by atoms with Crippen LogP contribution in [0.4, 0.5) is 0 Å². The van der Waals surface area contributed by atoms with Crippen molar-refractivity contribution in [3.63, 3.8) is 0 Å². The lowest BCUT2D eigenvalue weighted by atomic mass is 9.93. The molecule has 1 spiro atoms. The maximum absolute atomic E-state index is 5.70. The Labute approximate surface area is 61.5 Å². The van der Waals surface area contributed by atoms with E-state index >= 15 is 0 Å². The molecule has 0 aromatic heterocycles. The highest BCUT2D eigenvalue weighted by atomic mass is 16.6. The van der Waals surface area contributed by atoms with Crippen molar-refractivity contribution in [1.29, 1.82) is 0 Å². The molecule has 0 amide bonds. The molecule has 0 aromatic rings. The fourth-order valence-electron chi connectivity index (χ4n) is 1.81. The minimum atomic E-state index is 0.151. The SMILES string of the molecule is C1CCC2(CCOC2)OC1. The molecule has 2 aliphatic heterocycles. The molecule has 2 saturated heterocycles. The Morgan fingerprint density at radius 3 is 2.60 bits per heavy atom. The summed E-state index contributed by atoms with van der Waals surface area (Å²) < 4.78 is 11.0. The summed E-state index contributed by atoms with van der Waals surface area (Å²) in [7, 11) is 0. The van der Waals surface area contributed by atoms with Gasteiger partial charge in [-0.3, -0.25) is 0 Å². The average molecular weight is 142 g/mol. The minimum absolute atomic E-state index is 0.151. The highest BCUT2D eigenvalue weighted by Crippen LogP contribution is 2.32. The molecule has 0 N–H and O–H groups in total. The molecule has 0 radical (unpaired) electrons. The fourth-order valence-corrected chi connectivity index (χ4v) is 1.81. The Kier molecular flexibility index (Phi) is 1.66. The first-order chi connectivity index (χ1) is 4.91. The van der Waals surface area contributed by atoms with Crippen LogP contribution in [0.1, 0.15) is 25.7 Å². The van der Waals surface area contributed by atoms with Crippen LogP contribution < -0.4 is 0 Å². The van der Waals surface area contributed by atoms with Crippen molar-refractivity contribution in [3.8, 4) is 0 Å². The third kappa shape index (κ3) is 1.06. The summed E-state index contributed by atoms with van der Waals surface area (Å²) in [4.78, 5) is 0. The summed E-state index contributed by atoms with van der Waals surface area (Å²) in [5.74, 6) is 0. The molecule has 2 aliphatic rings. The Morgan fingerprint density at radius 1 is 1.00 bits per heavy atom. The van der Waals surface area contributed by atoms with Crippen LogP contribution in [-0.2, 0) is 9.47 Å². The van der Waals surface area contributed by atoms with Crippen LogP contribution >= 0.6 is 0 Å². The largest absolute Gasteiger partial charge is 0.378 e. The van der Waals surface area contributed by atoms with E-state index < -0.39 is 0 Å². The van der Waals surface area contributed by atoms with Crippen LogP contribution in [0.3, 0.4) is 0 Å². The molecule has 2 nitrogen and oxygen atoms in total. The van der Waals surface area contributed by atoms with Gasteiger partial charge in [0.05, 0.1) is 12.2 Å². The maximum atomic E-state index is 5.70. The lowest BCUT2D eigenvalue weighted by molar-refractivity contribution is -0.0792. The monoisotopic (exact) mass is 142 g/mol. The third-order valence-corrected chi connectivity index (χ3v) is 2.50. The van der Waals surface area contributed by atoms with Crippen molar-refractivity contribution in [3.05, 3.63) is 0 Å². The average Bonchev–Trinajstić information content (AvgIpc) is 2.39. The summed E-state index contributed by atoms with van der Waals surface area (Å²) >= 11 is 0. The van der Waals surface area contributed by atoms with E-state index in [0.29, 0.717) is 0 Å². The van der Waals surface area contributed by atoms with E-state index in [1.54, 1.807) is 0 Å². The third-order valence-electron chi connectivity index (χ3n) is 2.50. The van der Waals surface area contributed by atoms with Gasteiger partial charge in [0.25, 0.3) is 0 Å². The summed E-state index contributed by atoms with van der Waals surface area (Å²) in [6, 6.07) is 0. The molecule has 0 aromatic carbocycles. The first-order valence-electron chi connectivity index (χ1n) is 4.13. The normalized spacial score (nSPS) is 40.8. The zero-order valence-corrected chi connectivity index (χ0v) is 6.27. The molecule has 0 bridgehead atoms. The standard InChI is InChI=1S/C8H14O2/c1-2-5-10-8(3-1)4-6-9-7-8/h1-7H2. The van der Waals surface area contributed by atoms with Gasteiger partial charge in [0.1, 0.15) is 0 Å². The van der Waals surface area contributed by atoms with Gasteiger partial charge < -0.3 is 9.47 Å². The first kappa shape index (κ1) is 6.62. The van der Waals surface area contributed by atoms with Gasteiger partial charge in [0.15, 0.2) is 0 Å². The van der Waals surface area contributed by atoms with Crippen molar-refractivity contribution in [2.24, 2.45) is 0 Å².